The number of hydrogen-bond donors (Lipinski definition) is 0. The van der Waals surface area contributed by atoms with Crippen LogP contribution in [-0.2, 0) is 0 Å². The maximum atomic E-state index is 13.1. The molecule has 0 aliphatic carbocycles. The molecule has 0 atom stereocenters. The molecule has 0 radical (unpaired) electrons. The summed E-state index contributed by atoms with van der Waals surface area (Å²) in [6, 6.07) is 12.3. The molecule has 3 nitrogen and oxygen atoms in total. The van der Waals surface area contributed by atoms with Gasteiger partial charge in [-0.2, -0.15) is 0 Å². The lowest BCUT2D eigenvalue weighted by molar-refractivity contribution is 0.100. The number of carbonyl (C=O) groups excluding carboxylic acids is 1. The van der Waals surface area contributed by atoms with Gasteiger partial charge in [0.1, 0.15) is 5.84 Å². The van der Waals surface area contributed by atoms with Crippen LogP contribution in [0, 0.1) is 27.7 Å². The number of aliphatic imine (C=N–C) groups is 1. The van der Waals surface area contributed by atoms with Gasteiger partial charge >= 0.3 is 0 Å². The third kappa shape index (κ3) is 4.86. The number of rotatable bonds is 4. The molecular formula is C23H29BrN2O. The van der Waals surface area contributed by atoms with Crippen molar-refractivity contribution < 1.29 is 4.79 Å². The molecule has 3 rings (SSSR count). The van der Waals surface area contributed by atoms with Gasteiger partial charge < -0.3 is 4.90 Å². The van der Waals surface area contributed by atoms with Crippen LogP contribution in [0.2, 0.25) is 0 Å². The summed E-state index contributed by atoms with van der Waals surface area (Å²) < 4.78 is 0. The third-order valence-electron chi connectivity index (χ3n) is 5.11. The molecule has 0 aromatic heterocycles. The predicted molar refractivity (Wildman–Crippen MR) is 120 cm³/mol. The fraction of sp³-hybridized carbons (Fsp3) is 0.391. The maximum Gasteiger partial charge on any atom is 0.182 e. The lowest BCUT2D eigenvalue weighted by atomic mass is 10.0. The zero-order chi connectivity index (χ0) is 18.7. The zero-order valence-corrected chi connectivity index (χ0v) is 18.4. The Morgan fingerprint density at radius 1 is 1.00 bits per heavy atom. The fourth-order valence-corrected chi connectivity index (χ4v) is 3.79. The van der Waals surface area contributed by atoms with Crippen molar-refractivity contribution in [3.05, 3.63) is 64.2 Å². The van der Waals surface area contributed by atoms with E-state index in [-0.39, 0.29) is 22.8 Å². The molecule has 27 heavy (non-hydrogen) atoms. The lowest BCUT2D eigenvalue weighted by Gasteiger charge is -2.30. The van der Waals surface area contributed by atoms with Gasteiger partial charge in [0.2, 0.25) is 0 Å². The first-order valence-electron chi connectivity index (χ1n) is 9.45. The van der Waals surface area contributed by atoms with Crippen LogP contribution in [0.15, 0.2) is 41.4 Å². The Labute approximate surface area is 173 Å². The van der Waals surface area contributed by atoms with Gasteiger partial charge in [-0.05, 0) is 57.2 Å². The quantitative estimate of drug-likeness (QED) is 0.578. The van der Waals surface area contributed by atoms with Gasteiger partial charge in [0.05, 0.1) is 6.54 Å². The van der Waals surface area contributed by atoms with Crippen molar-refractivity contribution >= 4 is 34.3 Å². The average Bonchev–Trinajstić information content (AvgIpc) is 2.61. The van der Waals surface area contributed by atoms with Crippen molar-refractivity contribution in [2.45, 2.75) is 47.0 Å². The highest BCUT2D eigenvalue weighted by Gasteiger charge is 2.23. The van der Waals surface area contributed by atoms with Crippen LogP contribution >= 0.6 is 17.0 Å². The Kier molecular flexibility index (Phi) is 7.37. The summed E-state index contributed by atoms with van der Waals surface area (Å²) >= 11 is 0. The van der Waals surface area contributed by atoms with Gasteiger partial charge in [0, 0.05) is 24.2 Å². The number of para-hydroxylation sites is 1. The molecule has 1 aliphatic rings. The summed E-state index contributed by atoms with van der Waals surface area (Å²) in [5, 5.41) is 0. The summed E-state index contributed by atoms with van der Waals surface area (Å²) in [7, 11) is 0. The van der Waals surface area contributed by atoms with Crippen molar-refractivity contribution in [1.29, 1.82) is 0 Å². The third-order valence-corrected chi connectivity index (χ3v) is 5.11. The standard InChI is InChI=1S/C23H28N2O.BrH/c1-16-11-12-20(19(4)14-16)21(26)15-25(22-10-5-6-13-24-22)23-17(2)8-7-9-18(23)3;/h7-9,11-12,14H,5-6,10,13,15H2,1-4H3;1H. The van der Waals surface area contributed by atoms with Gasteiger partial charge in [0.15, 0.2) is 5.78 Å². The number of aryl methyl sites for hydroxylation is 4. The van der Waals surface area contributed by atoms with Crippen LogP contribution in [0.4, 0.5) is 5.69 Å². The molecule has 144 valence electrons. The van der Waals surface area contributed by atoms with E-state index in [4.69, 9.17) is 4.99 Å². The molecule has 2 aromatic rings. The molecule has 2 aromatic carbocycles. The molecule has 0 bridgehead atoms. The molecule has 1 heterocycles. The first-order valence-corrected chi connectivity index (χ1v) is 9.45. The Morgan fingerprint density at radius 3 is 2.30 bits per heavy atom. The number of anilines is 1. The smallest absolute Gasteiger partial charge is 0.182 e. The minimum Gasteiger partial charge on any atom is -0.322 e. The highest BCUT2D eigenvalue weighted by Crippen LogP contribution is 2.27. The monoisotopic (exact) mass is 428 g/mol. The van der Waals surface area contributed by atoms with E-state index in [1.165, 1.54) is 16.7 Å². The van der Waals surface area contributed by atoms with E-state index < -0.39 is 0 Å². The van der Waals surface area contributed by atoms with Gasteiger partial charge in [-0.25, -0.2) is 0 Å². The Morgan fingerprint density at radius 2 is 1.70 bits per heavy atom. The molecular weight excluding hydrogens is 400 g/mol. The van der Waals surface area contributed by atoms with E-state index >= 15 is 0 Å². The summed E-state index contributed by atoms with van der Waals surface area (Å²) in [5.41, 5.74) is 6.54. The van der Waals surface area contributed by atoms with E-state index in [9.17, 15) is 4.79 Å². The van der Waals surface area contributed by atoms with Crippen molar-refractivity contribution in [1.82, 2.24) is 0 Å². The Balaban J connectivity index is 0.00000261. The molecule has 0 saturated heterocycles. The van der Waals surface area contributed by atoms with E-state index in [0.717, 1.165) is 48.5 Å². The van der Waals surface area contributed by atoms with Crippen LogP contribution in [0.5, 0.6) is 0 Å². The summed E-state index contributed by atoms with van der Waals surface area (Å²) in [5.74, 6) is 1.20. The predicted octanol–water partition coefficient (Wildman–Crippen LogP) is 5.77. The molecule has 0 saturated carbocycles. The minimum absolute atomic E-state index is 0. The second-order valence-corrected chi connectivity index (χ2v) is 7.32. The fourth-order valence-electron chi connectivity index (χ4n) is 3.79. The first kappa shape index (κ1) is 21.4. The molecule has 4 heteroatoms. The normalized spacial score (nSPS) is 13.6. The molecule has 0 amide bonds. The number of nitrogens with zero attached hydrogens (tertiary/aromatic N) is 2. The summed E-state index contributed by atoms with van der Waals surface area (Å²) in [4.78, 5) is 20.0. The SMILES string of the molecule is Br.Cc1ccc(C(=O)CN(C2=NCCCC2)c2c(C)cccc2C)c(C)c1. The Bertz CT molecular complexity index is 837. The van der Waals surface area contributed by atoms with Gasteiger partial charge in [0.25, 0.3) is 0 Å². The van der Waals surface area contributed by atoms with Crippen LogP contribution in [0.3, 0.4) is 0 Å². The molecule has 0 spiro atoms. The summed E-state index contributed by atoms with van der Waals surface area (Å²) in [6.45, 7) is 9.49. The van der Waals surface area contributed by atoms with Crippen molar-refractivity contribution in [3.63, 3.8) is 0 Å². The zero-order valence-electron chi connectivity index (χ0n) is 16.7. The number of carbonyl (C=O) groups is 1. The topological polar surface area (TPSA) is 32.7 Å². The van der Waals surface area contributed by atoms with E-state index in [0.29, 0.717) is 6.54 Å². The lowest BCUT2D eigenvalue weighted by Crippen LogP contribution is -2.38. The highest BCUT2D eigenvalue weighted by atomic mass is 79.9. The van der Waals surface area contributed by atoms with Gasteiger partial charge in [-0.3, -0.25) is 9.79 Å². The number of benzene rings is 2. The van der Waals surface area contributed by atoms with Gasteiger partial charge in [-0.15, -0.1) is 17.0 Å². The number of ketones is 1. The first-order chi connectivity index (χ1) is 12.5. The second-order valence-electron chi connectivity index (χ2n) is 7.32. The minimum atomic E-state index is 0. The van der Waals surface area contributed by atoms with Crippen molar-refractivity contribution in [3.8, 4) is 0 Å². The molecule has 0 unspecified atom stereocenters. The van der Waals surface area contributed by atoms with Crippen LogP contribution in [0.25, 0.3) is 0 Å². The van der Waals surface area contributed by atoms with Gasteiger partial charge in [-0.1, -0.05) is 42.0 Å². The number of amidine groups is 1. The van der Waals surface area contributed by atoms with Crippen LogP contribution < -0.4 is 4.90 Å². The van der Waals surface area contributed by atoms with E-state index in [1.807, 2.05) is 19.1 Å². The van der Waals surface area contributed by atoms with E-state index in [1.54, 1.807) is 0 Å². The largest absolute Gasteiger partial charge is 0.322 e. The van der Waals surface area contributed by atoms with Crippen LogP contribution in [0.1, 0.15) is 51.9 Å². The number of halogens is 1. The summed E-state index contributed by atoms with van der Waals surface area (Å²) in [6.07, 6.45) is 3.21. The second kappa shape index (κ2) is 9.32. The maximum absolute atomic E-state index is 13.1. The molecule has 1 aliphatic heterocycles. The number of hydrogen-bond acceptors (Lipinski definition) is 3. The molecule has 0 N–H and O–H groups in total. The van der Waals surface area contributed by atoms with E-state index in [2.05, 4.69) is 49.9 Å². The van der Waals surface area contributed by atoms with Crippen molar-refractivity contribution in [2.75, 3.05) is 18.0 Å². The Hall–Kier alpha value is -1.94. The van der Waals surface area contributed by atoms with Crippen LogP contribution in [-0.4, -0.2) is 24.7 Å². The van der Waals surface area contributed by atoms with Crippen molar-refractivity contribution in [2.24, 2.45) is 4.99 Å². The number of Topliss-reactive ketones (excluding diaryl/α,β-unsaturated/α-hetero) is 1. The average molecular weight is 429 g/mol. The molecule has 0 fully saturated rings. The highest BCUT2D eigenvalue weighted by molar-refractivity contribution is 8.93.